The fourth-order valence-corrected chi connectivity index (χ4v) is 3.31. The Morgan fingerprint density at radius 1 is 1.39 bits per heavy atom. The topological polar surface area (TPSA) is 42.9 Å². The molecule has 124 valence electrons. The van der Waals surface area contributed by atoms with Crippen molar-refractivity contribution < 1.29 is 0 Å². The number of nitrogens with one attached hydrogen (secondary N) is 2. The van der Waals surface area contributed by atoms with E-state index in [9.17, 15) is 0 Å². The highest BCUT2D eigenvalue weighted by Gasteiger charge is 2.28. The van der Waals surface area contributed by atoms with Gasteiger partial charge in [0.15, 0.2) is 0 Å². The first-order chi connectivity index (χ1) is 11.2. The third kappa shape index (κ3) is 3.41. The number of fused-ring (bicyclic) bond motifs is 1. The molecule has 0 spiro atoms. The van der Waals surface area contributed by atoms with E-state index in [-0.39, 0.29) is 6.04 Å². The molecule has 0 saturated carbocycles. The van der Waals surface area contributed by atoms with Crippen LogP contribution in [0.3, 0.4) is 0 Å². The number of hydrazine groups is 1. The van der Waals surface area contributed by atoms with Crippen LogP contribution in [0, 0.1) is 0 Å². The Labute approximate surface area is 139 Å². The van der Waals surface area contributed by atoms with Crippen LogP contribution >= 0.6 is 0 Å². The fraction of sp³-hybridized carbons (Fsp3) is 0.500. The summed E-state index contributed by atoms with van der Waals surface area (Å²) in [6.07, 6.45) is 6.63. The molecule has 2 unspecified atom stereocenters. The number of hydrogen-bond donors (Lipinski definition) is 2. The van der Waals surface area contributed by atoms with E-state index in [1.54, 1.807) is 0 Å². The highest BCUT2D eigenvalue weighted by Crippen LogP contribution is 2.31. The first-order valence-electron chi connectivity index (χ1n) is 8.47. The minimum absolute atomic E-state index is 0.180. The van der Waals surface area contributed by atoms with Gasteiger partial charge in [0.2, 0.25) is 0 Å². The average Bonchev–Trinajstić information content (AvgIpc) is 2.97. The van der Waals surface area contributed by atoms with Gasteiger partial charge in [-0.25, -0.2) is 5.01 Å². The normalized spacial score (nSPS) is 21.8. The number of hydrogen-bond acceptors (Lipinski definition) is 5. The van der Waals surface area contributed by atoms with Gasteiger partial charge in [0.25, 0.3) is 0 Å². The van der Waals surface area contributed by atoms with Crippen molar-refractivity contribution >= 4 is 17.6 Å². The molecule has 2 aliphatic rings. The van der Waals surface area contributed by atoms with E-state index in [4.69, 9.17) is 0 Å². The molecule has 23 heavy (non-hydrogen) atoms. The van der Waals surface area contributed by atoms with Crippen LogP contribution in [0.1, 0.15) is 19.8 Å². The Kier molecular flexibility index (Phi) is 4.98. The van der Waals surface area contributed by atoms with Crippen molar-refractivity contribution in [3.63, 3.8) is 0 Å². The molecule has 0 radical (unpaired) electrons. The largest absolute Gasteiger partial charge is 0.372 e. The van der Waals surface area contributed by atoms with Crippen molar-refractivity contribution in [1.82, 2.24) is 15.3 Å². The Bertz CT molecular complexity index is 595. The van der Waals surface area contributed by atoms with E-state index in [0.717, 1.165) is 37.3 Å². The lowest BCUT2D eigenvalue weighted by Gasteiger charge is -2.33. The number of nitrogens with zero attached hydrogens (tertiary/aromatic N) is 3. The quantitative estimate of drug-likeness (QED) is 0.847. The SMILES string of the molecule is CCC(CCNC)N1C=C(C2C=Nc3ccccc3N2)CN1C. The number of rotatable bonds is 6. The number of benzene rings is 1. The lowest BCUT2D eigenvalue weighted by atomic mass is 10.1. The first-order valence-corrected chi connectivity index (χ1v) is 8.47. The maximum Gasteiger partial charge on any atom is 0.0861 e. The third-order valence-electron chi connectivity index (χ3n) is 4.65. The summed E-state index contributed by atoms with van der Waals surface area (Å²) in [5, 5.41) is 11.6. The highest BCUT2D eigenvalue weighted by atomic mass is 15.6. The van der Waals surface area contributed by atoms with Gasteiger partial charge < -0.3 is 15.6 Å². The van der Waals surface area contributed by atoms with Gasteiger partial charge in [-0.2, -0.15) is 0 Å². The molecule has 5 heteroatoms. The van der Waals surface area contributed by atoms with Crippen molar-refractivity contribution in [2.75, 3.05) is 32.5 Å². The first kappa shape index (κ1) is 16.0. The van der Waals surface area contributed by atoms with Gasteiger partial charge in [0.05, 0.1) is 17.4 Å². The molecule has 1 aromatic rings. The Morgan fingerprint density at radius 2 is 2.22 bits per heavy atom. The van der Waals surface area contributed by atoms with E-state index in [0.29, 0.717) is 6.04 Å². The second-order valence-electron chi connectivity index (χ2n) is 6.27. The van der Waals surface area contributed by atoms with Gasteiger partial charge in [-0.15, -0.1) is 0 Å². The molecule has 0 aromatic heterocycles. The van der Waals surface area contributed by atoms with Gasteiger partial charge in [-0.3, -0.25) is 4.99 Å². The Hall–Kier alpha value is -1.85. The summed E-state index contributed by atoms with van der Waals surface area (Å²) in [6.45, 7) is 4.25. The molecule has 3 rings (SSSR count). The van der Waals surface area contributed by atoms with Gasteiger partial charge >= 0.3 is 0 Å². The van der Waals surface area contributed by atoms with Crippen LogP contribution in [0.5, 0.6) is 0 Å². The van der Waals surface area contributed by atoms with Crippen LogP contribution in [0.2, 0.25) is 0 Å². The van der Waals surface area contributed by atoms with Crippen LogP contribution in [-0.2, 0) is 0 Å². The summed E-state index contributed by atoms with van der Waals surface area (Å²) < 4.78 is 0. The van der Waals surface area contributed by atoms with Crippen molar-refractivity contribution in [1.29, 1.82) is 0 Å². The molecular weight excluding hydrogens is 286 g/mol. The summed E-state index contributed by atoms with van der Waals surface area (Å²) in [5.41, 5.74) is 3.51. The van der Waals surface area contributed by atoms with E-state index < -0.39 is 0 Å². The second-order valence-corrected chi connectivity index (χ2v) is 6.27. The molecule has 2 heterocycles. The number of para-hydroxylation sites is 2. The Balaban J connectivity index is 1.73. The van der Waals surface area contributed by atoms with Crippen LogP contribution < -0.4 is 10.6 Å². The predicted octanol–water partition coefficient (Wildman–Crippen LogP) is 2.62. The molecular formula is C18H27N5. The van der Waals surface area contributed by atoms with Crippen molar-refractivity contribution in [2.45, 2.75) is 31.8 Å². The van der Waals surface area contributed by atoms with Crippen LogP contribution in [0.4, 0.5) is 11.4 Å². The monoisotopic (exact) mass is 313 g/mol. The van der Waals surface area contributed by atoms with Gasteiger partial charge in [0.1, 0.15) is 0 Å². The lowest BCUT2D eigenvalue weighted by Crippen LogP contribution is -2.41. The molecule has 0 bridgehead atoms. The van der Waals surface area contributed by atoms with Crippen LogP contribution in [0.25, 0.3) is 0 Å². The standard InChI is InChI=1S/C18H27N5/c1-4-15(9-10-19-2)23-13-14(12-22(23)3)18-11-20-16-7-5-6-8-17(16)21-18/h5-8,11,13,15,18-19,21H,4,9-10,12H2,1-3H3. The molecule has 0 aliphatic carbocycles. The fourth-order valence-electron chi connectivity index (χ4n) is 3.31. The average molecular weight is 313 g/mol. The number of anilines is 1. The predicted molar refractivity (Wildman–Crippen MR) is 97.2 cm³/mol. The second kappa shape index (κ2) is 7.15. The van der Waals surface area contributed by atoms with E-state index in [2.05, 4.69) is 57.9 Å². The Morgan fingerprint density at radius 3 is 3.00 bits per heavy atom. The number of aliphatic imine (C=N–C) groups is 1. The van der Waals surface area contributed by atoms with Crippen LogP contribution in [0.15, 0.2) is 41.0 Å². The minimum atomic E-state index is 0.180. The molecule has 1 aromatic carbocycles. The van der Waals surface area contributed by atoms with Gasteiger partial charge in [-0.1, -0.05) is 19.1 Å². The zero-order chi connectivity index (χ0) is 16.2. The van der Waals surface area contributed by atoms with E-state index in [1.807, 2.05) is 25.4 Å². The zero-order valence-corrected chi connectivity index (χ0v) is 14.3. The van der Waals surface area contributed by atoms with Crippen LogP contribution in [-0.4, -0.2) is 55.5 Å². The molecule has 0 fully saturated rings. The third-order valence-corrected chi connectivity index (χ3v) is 4.65. The molecule has 0 saturated heterocycles. The summed E-state index contributed by atoms with van der Waals surface area (Å²) in [7, 11) is 4.18. The van der Waals surface area contributed by atoms with Crippen molar-refractivity contribution in [3.05, 3.63) is 36.0 Å². The summed E-state index contributed by atoms with van der Waals surface area (Å²) in [6, 6.07) is 8.93. The lowest BCUT2D eigenvalue weighted by molar-refractivity contribution is 0.0317. The zero-order valence-electron chi connectivity index (χ0n) is 14.3. The molecule has 5 nitrogen and oxygen atoms in total. The van der Waals surface area contributed by atoms with E-state index in [1.165, 1.54) is 5.57 Å². The minimum Gasteiger partial charge on any atom is -0.372 e. The maximum atomic E-state index is 4.61. The molecule has 0 amide bonds. The van der Waals surface area contributed by atoms with E-state index >= 15 is 0 Å². The summed E-state index contributed by atoms with van der Waals surface area (Å²) in [5.74, 6) is 0. The maximum absolute atomic E-state index is 4.61. The highest BCUT2D eigenvalue weighted by molar-refractivity contribution is 5.85. The van der Waals surface area contributed by atoms with Crippen molar-refractivity contribution in [3.8, 4) is 0 Å². The molecule has 2 N–H and O–H groups in total. The molecule has 2 aliphatic heterocycles. The van der Waals surface area contributed by atoms with Gasteiger partial charge in [0, 0.05) is 32.0 Å². The van der Waals surface area contributed by atoms with Crippen molar-refractivity contribution in [2.24, 2.45) is 4.99 Å². The molecule has 2 atom stereocenters. The van der Waals surface area contributed by atoms with Gasteiger partial charge in [-0.05, 0) is 44.1 Å². The summed E-state index contributed by atoms with van der Waals surface area (Å²) in [4.78, 5) is 4.61. The number of likely N-dealkylation sites (N-methyl/N-ethyl adjacent to an activating group) is 1. The summed E-state index contributed by atoms with van der Waals surface area (Å²) >= 11 is 0. The smallest absolute Gasteiger partial charge is 0.0861 e.